The van der Waals surface area contributed by atoms with E-state index in [-0.39, 0.29) is 12.0 Å². The van der Waals surface area contributed by atoms with E-state index < -0.39 is 0 Å². The molecule has 0 fully saturated rings. The molecule has 4 rings (SSSR count). The van der Waals surface area contributed by atoms with E-state index in [1.54, 1.807) is 13.2 Å². The Morgan fingerprint density at radius 1 is 1.19 bits per heavy atom. The second-order valence-electron chi connectivity index (χ2n) is 6.46. The summed E-state index contributed by atoms with van der Waals surface area (Å²) in [5.41, 5.74) is 2.52. The molecule has 2 aliphatic heterocycles. The van der Waals surface area contributed by atoms with Gasteiger partial charge in [-0.3, -0.25) is 4.79 Å². The highest BCUT2D eigenvalue weighted by molar-refractivity contribution is 5.95. The largest absolute Gasteiger partial charge is 0.493 e. The van der Waals surface area contributed by atoms with Crippen molar-refractivity contribution in [3.05, 3.63) is 47.0 Å². The van der Waals surface area contributed by atoms with Gasteiger partial charge in [0.05, 0.1) is 7.11 Å². The molecule has 0 saturated heterocycles. The Kier molecular flexibility index (Phi) is 4.32. The van der Waals surface area contributed by atoms with Crippen LogP contribution in [0.4, 0.5) is 0 Å². The van der Waals surface area contributed by atoms with Gasteiger partial charge in [0.2, 0.25) is 0 Å². The number of carbonyl (C=O) groups excluding carboxylic acids is 1. The molecule has 0 radical (unpaired) electrons. The Morgan fingerprint density at radius 3 is 2.81 bits per heavy atom. The topological polar surface area (TPSA) is 66.0 Å². The highest BCUT2D eigenvalue weighted by Gasteiger charge is 2.25. The minimum atomic E-state index is -0.152. The summed E-state index contributed by atoms with van der Waals surface area (Å²) in [6.07, 6.45) is 0.865. The molecule has 0 saturated carbocycles. The summed E-state index contributed by atoms with van der Waals surface area (Å²) in [4.78, 5) is 12.6. The number of methoxy groups -OCH3 is 1. The zero-order chi connectivity index (χ0) is 18.1. The lowest BCUT2D eigenvalue weighted by molar-refractivity contribution is 0.0950. The SMILES string of the molecule is COc1cc(C(=O)NCc2ccc3c(c2)OCCO3)cc2c1OC(C)C2. The number of carbonyl (C=O) groups is 1. The normalized spacial score (nSPS) is 17.2. The van der Waals surface area contributed by atoms with Gasteiger partial charge >= 0.3 is 0 Å². The molecule has 2 aliphatic rings. The van der Waals surface area contributed by atoms with Crippen LogP contribution in [0.3, 0.4) is 0 Å². The second kappa shape index (κ2) is 6.78. The van der Waals surface area contributed by atoms with Crippen LogP contribution in [-0.4, -0.2) is 32.3 Å². The molecule has 1 unspecified atom stereocenters. The van der Waals surface area contributed by atoms with Gasteiger partial charge in [-0.15, -0.1) is 0 Å². The summed E-state index contributed by atoms with van der Waals surface area (Å²) in [6, 6.07) is 9.28. The fourth-order valence-electron chi connectivity index (χ4n) is 3.26. The van der Waals surface area contributed by atoms with E-state index in [4.69, 9.17) is 18.9 Å². The van der Waals surface area contributed by atoms with Gasteiger partial charge in [0.15, 0.2) is 23.0 Å². The third kappa shape index (κ3) is 3.14. The number of amides is 1. The van der Waals surface area contributed by atoms with Crippen LogP contribution in [0.25, 0.3) is 0 Å². The number of benzene rings is 2. The summed E-state index contributed by atoms with van der Waals surface area (Å²) >= 11 is 0. The molecule has 0 aromatic heterocycles. The quantitative estimate of drug-likeness (QED) is 0.913. The predicted octanol–water partition coefficient (Wildman–Crippen LogP) is 2.72. The molecular weight excluding hydrogens is 334 g/mol. The second-order valence-corrected chi connectivity index (χ2v) is 6.46. The summed E-state index contributed by atoms with van der Waals surface area (Å²) in [7, 11) is 1.58. The fraction of sp³-hybridized carbons (Fsp3) is 0.350. The average molecular weight is 355 g/mol. The Morgan fingerprint density at radius 2 is 2.00 bits per heavy atom. The van der Waals surface area contributed by atoms with Crippen LogP contribution in [0.2, 0.25) is 0 Å². The van der Waals surface area contributed by atoms with E-state index in [9.17, 15) is 4.79 Å². The maximum atomic E-state index is 12.6. The summed E-state index contributed by atoms with van der Waals surface area (Å²) in [5.74, 6) is 2.64. The number of ether oxygens (including phenoxy) is 4. The number of hydrogen-bond donors (Lipinski definition) is 1. The van der Waals surface area contributed by atoms with Crippen molar-refractivity contribution in [2.45, 2.75) is 26.0 Å². The Bertz CT molecular complexity index is 848. The number of nitrogens with one attached hydrogen (secondary N) is 1. The number of fused-ring (bicyclic) bond motifs is 2. The third-order valence-electron chi connectivity index (χ3n) is 4.50. The first-order chi connectivity index (χ1) is 12.6. The van der Waals surface area contributed by atoms with Gasteiger partial charge < -0.3 is 24.3 Å². The lowest BCUT2D eigenvalue weighted by Crippen LogP contribution is -2.23. The van der Waals surface area contributed by atoms with Crippen LogP contribution in [-0.2, 0) is 13.0 Å². The van der Waals surface area contributed by atoms with Gasteiger partial charge in [-0.25, -0.2) is 0 Å². The Hall–Kier alpha value is -2.89. The highest BCUT2D eigenvalue weighted by Crippen LogP contribution is 2.39. The summed E-state index contributed by atoms with van der Waals surface area (Å²) < 4.78 is 22.2. The van der Waals surface area contributed by atoms with Crippen LogP contribution in [0.1, 0.15) is 28.4 Å². The Balaban J connectivity index is 1.48. The first-order valence-electron chi connectivity index (χ1n) is 8.68. The average Bonchev–Trinajstić information content (AvgIpc) is 3.05. The van der Waals surface area contributed by atoms with E-state index in [2.05, 4.69) is 5.32 Å². The van der Waals surface area contributed by atoms with Crippen molar-refractivity contribution >= 4 is 5.91 Å². The molecule has 1 atom stereocenters. The van der Waals surface area contributed by atoms with Gasteiger partial charge in [-0.1, -0.05) is 6.07 Å². The fourth-order valence-corrected chi connectivity index (χ4v) is 3.26. The van der Waals surface area contributed by atoms with Gasteiger partial charge in [0.1, 0.15) is 19.3 Å². The van der Waals surface area contributed by atoms with Crippen molar-refractivity contribution in [1.82, 2.24) is 5.32 Å². The van der Waals surface area contributed by atoms with Crippen molar-refractivity contribution in [2.75, 3.05) is 20.3 Å². The van der Waals surface area contributed by atoms with Crippen molar-refractivity contribution in [3.63, 3.8) is 0 Å². The summed E-state index contributed by atoms with van der Waals surface area (Å²) in [6.45, 7) is 3.51. The van der Waals surface area contributed by atoms with E-state index in [1.807, 2.05) is 31.2 Å². The molecular formula is C20H21NO5. The molecule has 0 bridgehead atoms. The van der Waals surface area contributed by atoms with Crippen molar-refractivity contribution in [1.29, 1.82) is 0 Å². The smallest absolute Gasteiger partial charge is 0.251 e. The first-order valence-corrected chi connectivity index (χ1v) is 8.68. The van der Waals surface area contributed by atoms with E-state index in [0.717, 1.165) is 29.0 Å². The number of hydrogen-bond acceptors (Lipinski definition) is 5. The maximum absolute atomic E-state index is 12.6. The molecule has 1 N–H and O–H groups in total. The lowest BCUT2D eigenvalue weighted by atomic mass is 10.1. The lowest BCUT2D eigenvalue weighted by Gasteiger charge is -2.19. The summed E-state index contributed by atoms with van der Waals surface area (Å²) in [5, 5.41) is 2.94. The molecule has 1 amide bonds. The van der Waals surface area contributed by atoms with Crippen LogP contribution >= 0.6 is 0 Å². The Labute approximate surface area is 152 Å². The molecule has 2 aromatic rings. The molecule has 136 valence electrons. The van der Waals surface area contributed by atoms with Gasteiger partial charge in [-0.2, -0.15) is 0 Å². The van der Waals surface area contributed by atoms with Crippen molar-refractivity contribution < 1.29 is 23.7 Å². The predicted molar refractivity (Wildman–Crippen MR) is 95.4 cm³/mol. The van der Waals surface area contributed by atoms with Gasteiger partial charge in [-0.05, 0) is 36.8 Å². The standard InChI is InChI=1S/C20H21NO5/c1-12-7-14-9-15(10-18(23-2)19(14)26-12)20(22)21-11-13-3-4-16-17(8-13)25-6-5-24-16/h3-4,8-10,12H,5-7,11H2,1-2H3,(H,21,22). The van der Waals surface area contributed by atoms with Crippen LogP contribution in [0.5, 0.6) is 23.0 Å². The van der Waals surface area contributed by atoms with Crippen molar-refractivity contribution in [3.8, 4) is 23.0 Å². The zero-order valence-corrected chi connectivity index (χ0v) is 14.8. The van der Waals surface area contributed by atoms with Crippen LogP contribution in [0, 0.1) is 0 Å². The van der Waals surface area contributed by atoms with E-state index in [1.165, 1.54) is 0 Å². The minimum Gasteiger partial charge on any atom is -0.493 e. The number of rotatable bonds is 4. The maximum Gasteiger partial charge on any atom is 0.251 e. The highest BCUT2D eigenvalue weighted by atomic mass is 16.6. The molecule has 26 heavy (non-hydrogen) atoms. The molecule has 0 aliphatic carbocycles. The molecule has 2 aromatic carbocycles. The van der Waals surface area contributed by atoms with Gasteiger partial charge in [0, 0.05) is 24.1 Å². The molecule has 0 spiro atoms. The first kappa shape index (κ1) is 16.6. The van der Waals surface area contributed by atoms with Crippen LogP contribution < -0.4 is 24.3 Å². The van der Waals surface area contributed by atoms with Crippen LogP contribution in [0.15, 0.2) is 30.3 Å². The minimum absolute atomic E-state index is 0.0925. The van der Waals surface area contributed by atoms with E-state index >= 15 is 0 Å². The molecule has 6 nitrogen and oxygen atoms in total. The third-order valence-corrected chi connectivity index (χ3v) is 4.50. The van der Waals surface area contributed by atoms with Crippen molar-refractivity contribution in [2.24, 2.45) is 0 Å². The van der Waals surface area contributed by atoms with Gasteiger partial charge in [0.25, 0.3) is 5.91 Å². The molecule has 6 heteroatoms. The zero-order valence-electron chi connectivity index (χ0n) is 14.8. The van der Waals surface area contributed by atoms with E-state index in [0.29, 0.717) is 36.8 Å². The monoisotopic (exact) mass is 355 g/mol. The molecule has 2 heterocycles.